The van der Waals surface area contributed by atoms with Crippen molar-refractivity contribution in [1.29, 1.82) is 0 Å². The molecule has 0 radical (unpaired) electrons. The maximum atomic E-state index is 12.4. The molecular weight excluding hydrogens is 277 g/mol. The standard InChI is InChI=1S/C14H16ClF3O/c15-11-6-2-1-5-10(9-11)12-7-3-4-8-13(12)19-14(16,17)18/h3-4,7-8,10-11H,1-2,5-6,9H2. The zero-order valence-electron chi connectivity index (χ0n) is 10.4. The fourth-order valence-electron chi connectivity index (χ4n) is 2.62. The number of para-hydroxylation sites is 1. The van der Waals surface area contributed by atoms with Gasteiger partial charge in [-0.1, -0.05) is 31.0 Å². The summed E-state index contributed by atoms with van der Waals surface area (Å²) in [6.07, 6.45) is -0.121. The molecule has 106 valence electrons. The summed E-state index contributed by atoms with van der Waals surface area (Å²) in [5.74, 6) is -0.0469. The summed E-state index contributed by atoms with van der Waals surface area (Å²) in [6.45, 7) is 0. The van der Waals surface area contributed by atoms with Gasteiger partial charge in [0, 0.05) is 5.38 Å². The lowest BCUT2D eigenvalue weighted by molar-refractivity contribution is -0.275. The summed E-state index contributed by atoms with van der Waals surface area (Å²) in [6, 6.07) is 6.38. The van der Waals surface area contributed by atoms with Crippen molar-refractivity contribution >= 4 is 11.6 Å². The first kappa shape index (κ1) is 14.5. The Morgan fingerprint density at radius 1 is 1.11 bits per heavy atom. The smallest absolute Gasteiger partial charge is 0.405 e. The van der Waals surface area contributed by atoms with E-state index in [0.29, 0.717) is 12.0 Å². The predicted molar refractivity (Wildman–Crippen MR) is 68.6 cm³/mol. The summed E-state index contributed by atoms with van der Waals surface area (Å²) in [4.78, 5) is 0. The Kier molecular flexibility index (Phi) is 4.61. The topological polar surface area (TPSA) is 9.23 Å². The molecule has 1 aliphatic rings. The lowest BCUT2D eigenvalue weighted by Gasteiger charge is -2.20. The third-order valence-corrected chi connectivity index (χ3v) is 3.84. The molecule has 1 aliphatic carbocycles. The zero-order valence-corrected chi connectivity index (χ0v) is 11.2. The van der Waals surface area contributed by atoms with Crippen LogP contribution in [-0.2, 0) is 0 Å². The van der Waals surface area contributed by atoms with Crippen LogP contribution in [0.25, 0.3) is 0 Å². The van der Waals surface area contributed by atoms with Crippen molar-refractivity contribution in [3.63, 3.8) is 0 Å². The van der Waals surface area contributed by atoms with Gasteiger partial charge in [-0.15, -0.1) is 24.8 Å². The number of rotatable bonds is 2. The largest absolute Gasteiger partial charge is 0.573 e. The van der Waals surface area contributed by atoms with Crippen LogP contribution in [0.1, 0.15) is 43.6 Å². The van der Waals surface area contributed by atoms with E-state index in [4.69, 9.17) is 11.6 Å². The summed E-state index contributed by atoms with van der Waals surface area (Å²) < 4.78 is 41.3. The molecule has 0 spiro atoms. The maximum absolute atomic E-state index is 12.4. The summed E-state index contributed by atoms with van der Waals surface area (Å²) >= 11 is 6.19. The van der Waals surface area contributed by atoms with E-state index in [1.807, 2.05) is 0 Å². The van der Waals surface area contributed by atoms with E-state index in [9.17, 15) is 13.2 Å². The third kappa shape index (κ3) is 4.30. The van der Waals surface area contributed by atoms with E-state index in [1.54, 1.807) is 18.2 Å². The van der Waals surface area contributed by atoms with Gasteiger partial charge in [0.15, 0.2) is 0 Å². The van der Waals surface area contributed by atoms with Crippen LogP contribution >= 0.6 is 11.6 Å². The molecule has 2 unspecified atom stereocenters. The van der Waals surface area contributed by atoms with E-state index in [2.05, 4.69) is 4.74 Å². The van der Waals surface area contributed by atoms with Gasteiger partial charge in [-0.3, -0.25) is 0 Å². The molecule has 0 N–H and O–H groups in total. The molecule has 1 fully saturated rings. The van der Waals surface area contributed by atoms with Crippen molar-refractivity contribution < 1.29 is 17.9 Å². The minimum Gasteiger partial charge on any atom is -0.405 e. The van der Waals surface area contributed by atoms with Gasteiger partial charge in [0.1, 0.15) is 5.75 Å². The lowest BCUT2D eigenvalue weighted by Crippen LogP contribution is -2.19. The van der Waals surface area contributed by atoms with Gasteiger partial charge >= 0.3 is 6.36 Å². The van der Waals surface area contributed by atoms with Crippen LogP contribution in [0, 0.1) is 0 Å². The molecule has 1 aromatic carbocycles. The number of benzene rings is 1. The van der Waals surface area contributed by atoms with Crippen molar-refractivity contribution in [1.82, 2.24) is 0 Å². The number of hydrogen-bond donors (Lipinski definition) is 0. The molecule has 19 heavy (non-hydrogen) atoms. The Labute approximate surface area is 115 Å². The van der Waals surface area contributed by atoms with E-state index in [1.165, 1.54) is 6.07 Å². The molecule has 0 saturated heterocycles. The molecule has 5 heteroatoms. The minimum absolute atomic E-state index is 0.0337. The minimum atomic E-state index is -4.65. The van der Waals surface area contributed by atoms with E-state index >= 15 is 0 Å². The second-order valence-corrected chi connectivity index (χ2v) is 5.52. The molecule has 0 heterocycles. The normalized spacial score (nSPS) is 24.8. The fourth-order valence-corrected chi connectivity index (χ4v) is 2.99. The molecule has 0 amide bonds. The van der Waals surface area contributed by atoms with Crippen LogP contribution in [0.5, 0.6) is 5.75 Å². The molecule has 2 atom stereocenters. The van der Waals surface area contributed by atoms with E-state index in [0.717, 1.165) is 25.7 Å². The lowest BCUT2D eigenvalue weighted by atomic mass is 9.91. The first-order valence-corrected chi connectivity index (χ1v) is 6.88. The van der Waals surface area contributed by atoms with Gasteiger partial charge in [0.05, 0.1) is 0 Å². The van der Waals surface area contributed by atoms with Crippen molar-refractivity contribution in [2.24, 2.45) is 0 Å². The predicted octanol–water partition coefficient (Wildman–Crippen LogP) is 5.24. The first-order valence-electron chi connectivity index (χ1n) is 6.44. The summed E-state index contributed by atoms with van der Waals surface area (Å²) in [5.41, 5.74) is 0.618. The molecule has 1 nitrogen and oxygen atoms in total. The van der Waals surface area contributed by atoms with Gasteiger partial charge in [-0.05, 0) is 36.8 Å². The highest BCUT2D eigenvalue weighted by Gasteiger charge is 2.33. The zero-order chi connectivity index (χ0) is 13.9. The number of alkyl halides is 4. The molecule has 0 aromatic heterocycles. The average Bonchev–Trinajstić information content (AvgIpc) is 2.52. The fraction of sp³-hybridized carbons (Fsp3) is 0.571. The number of halogens is 4. The van der Waals surface area contributed by atoms with Gasteiger partial charge in [0.2, 0.25) is 0 Å². The monoisotopic (exact) mass is 292 g/mol. The Morgan fingerprint density at radius 2 is 1.79 bits per heavy atom. The van der Waals surface area contributed by atoms with Gasteiger partial charge in [-0.25, -0.2) is 0 Å². The molecule has 1 saturated carbocycles. The molecular formula is C14H16ClF3O. The molecule has 2 rings (SSSR count). The third-order valence-electron chi connectivity index (χ3n) is 3.44. The molecule has 0 aliphatic heterocycles. The Bertz CT molecular complexity index is 419. The Hall–Kier alpha value is -0.900. The van der Waals surface area contributed by atoms with Crippen LogP contribution in [-0.4, -0.2) is 11.7 Å². The maximum Gasteiger partial charge on any atom is 0.573 e. The quantitative estimate of drug-likeness (QED) is 0.535. The van der Waals surface area contributed by atoms with Crippen LogP contribution in [0.3, 0.4) is 0 Å². The molecule has 0 bridgehead atoms. The second-order valence-electron chi connectivity index (χ2n) is 4.90. The summed E-state index contributed by atoms with van der Waals surface area (Å²) in [5, 5.41) is 0.0337. The Morgan fingerprint density at radius 3 is 2.53 bits per heavy atom. The second kappa shape index (κ2) is 6.04. The first-order chi connectivity index (χ1) is 8.96. The highest BCUT2D eigenvalue weighted by Crippen LogP contribution is 2.39. The van der Waals surface area contributed by atoms with Gasteiger partial charge in [0.25, 0.3) is 0 Å². The SMILES string of the molecule is FC(F)(F)Oc1ccccc1C1CCCCC(Cl)C1. The van der Waals surface area contributed by atoms with Crippen LogP contribution in [0.15, 0.2) is 24.3 Å². The highest BCUT2D eigenvalue weighted by atomic mass is 35.5. The number of hydrogen-bond acceptors (Lipinski definition) is 1. The van der Waals surface area contributed by atoms with Crippen LogP contribution in [0.4, 0.5) is 13.2 Å². The van der Waals surface area contributed by atoms with Crippen LogP contribution in [0.2, 0.25) is 0 Å². The van der Waals surface area contributed by atoms with Crippen molar-refractivity contribution in [2.45, 2.75) is 49.8 Å². The van der Waals surface area contributed by atoms with Crippen LogP contribution < -0.4 is 4.74 Å². The van der Waals surface area contributed by atoms with Crippen molar-refractivity contribution in [3.05, 3.63) is 29.8 Å². The van der Waals surface area contributed by atoms with Gasteiger partial charge < -0.3 is 4.74 Å². The van der Waals surface area contributed by atoms with E-state index in [-0.39, 0.29) is 17.0 Å². The average molecular weight is 293 g/mol. The van der Waals surface area contributed by atoms with Gasteiger partial charge in [-0.2, -0.15) is 0 Å². The molecule has 1 aromatic rings. The summed E-state index contributed by atoms with van der Waals surface area (Å²) in [7, 11) is 0. The van der Waals surface area contributed by atoms with Crippen molar-refractivity contribution in [3.8, 4) is 5.75 Å². The van der Waals surface area contributed by atoms with E-state index < -0.39 is 6.36 Å². The van der Waals surface area contributed by atoms with Crippen molar-refractivity contribution in [2.75, 3.05) is 0 Å². The highest BCUT2D eigenvalue weighted by molar-refractivity contribution is 6.20. The Balaban J connectivity index is 2.22. The number of ether oxygens (including phenoxy) is 1.